The predicted octanol–water partition coefficient (Wildman–Crippen LogP) is 4.14. The van der Waals surface area contributed by atoms with Crippen LogP contribution in [0.3, 0.4) is 0 Å². The second kappa shape index (κ2) is 11.3. The lowest BCUT2D eigenvalue weighted by Gasteiger charge is -2.40. The summed E-state index contributed by atoms with van der Waals surface area (Å²) in [7, 11) is -9.84. The molecular weight excluding hydrogens is 587 g/mol. The van der Waals surface area contributed by atoms with Gasteiger partial charge in [-0.15, -0.1) is 0 Å². The highest BCUT2D eigenvalue weighted by Crippen LogP contribution is 3.02. The summed E-state index contributed by atoms with van der Waals surface area (Å²) in [5, 5.41) is 10.2. The van der Waals surface area contributed by atoms with Gasteiger partial charge < -0.3 is 21.3 Å². The summed E-state index contributed by atoms with van der Waals surface area (Å²) >= 11 is 0. The topological polar surface area (TPSA) is 133 Å². The maximum absolute atomic E-state index is 13.3. The van der Waals surface area contributed by atoms with Crippen LogP contribution in [-0.4, -0.2) is 54.1 Å². The average Bonchev–Trinajstić information content (AvgIpc) is 3.58. The van der Waals surface area contributed by atoms with E-state index in [0.717, 1.165) is 37.1 Å². The van der Waals surface area contributed by atoms with Crippen molar-refractivity contribution in [1.29, 1.82) is 0 Å². The molecule has 42 heavy (non-hydrogen) atoms. The van der Waals surface area contributed by atoms with Gasteiger partial charge in [0.05, 0.1) is 6.04 Å². The highest BCUT2D eigenvalue weighted by Gasteiger charge is 2.65. The van der Waals surface area contributed by atoms with Crippen LogP contribution in [-0.2, 0) is 24.0 Å². The molecule has 1 aliphatic carbocycles. The molecule has 9 nitrogen and oxygen atoms in total. The third-order valence-corrected chi connectivity index (χ3v) is 7.82. The Labute approximate surface area is 240 Å². The van der Waals surface area contributed by atoms with E-state index in [1.807, 2.05) is 0 Å². The van der Waals surface area contributed by atoms with E-state index in [1.165, 1.54) is 0 Å². The van der Waals surface area contributed by atoms with E-state index >= 15 is 0 Å². The van der Waals surface area contributed by atoms with E-state index in [2.05, 4.69) is 21.3 Å². The molecule has 1 aliphatic heterocycles. The fourth-order valence-corrected chi connectivity index (χ4v) is 5.00. The van der Waals surface area contributed by atoms with Crippen molar-refractivity contribution >= 4 is 45.7 Å². The first-order valence-electron chi connectivity index (χ1n) is 13.4. The number of carbonyl (C=O) groups excluding carboxylic acids is 5. The number of Topliss-reactive ketones (excluding diaryl/α,β-unsaturated/α-hetero) is 1. The molecule has 1 aromatic rings. The molecule has 1 aromatic carbocycles. The highest BCUT2D eigenvalue weighted by molar-refractivity contribution is 8.45. The minimum atomic E-state index is -9.84. The summed E-state index contributed by atoms with van der Waals surface area (Å²) in [5.74, 6) is -4.29. The summed E-state index contributed by atoms with van der Waals surface area (Å²) in [4.78, 5) is 61.5. The molecule has 0 radical (unpaired) electrons. The number of amides is 4. The second-order valence-corrected chi connectivity index (χ2v) is 14.3. The van der Waals surface area contributed by atoms with Crippen molar-refractivity contribution in [3.63, 3.8) is 0 Å². The summed E-state index contributed by atoms with van der Waals surface area (Å²) in [6.07, 6.45) is 3.87. The zero-order chi connectivity index (χ0) is 31.6. The van der Waals surface area contributed by atoms with Gasteiger partial charge in [0.2, 0.25) is 23.5 Å². The Morgan fingerprint density at radius 2 is 1.60 bits per heavy atom. The zero-order valence-corrected chi connectivity index (χ0v) is 24.2. The van der Waals surface area contributed by atoms with Crippen molar-refractivity contribution in [3.05, 3.63) is 35.9 Å². The van der Waals surface area contributed by atoms with E-state index < -0.39 is 62.0 Å². The number of rotatable bonds is 12. The lowest BCUT2D eigenvalue weighted by molar-refractivity contribution is -0.141. The second-order valence-electron chi connectivity index (χ2n) is 11.9. The number of nitrogens with one attached hydrogen (secondary N) is 4. The van der Waals surface area contributed by atoms with Gasteiger partial charge >= 0.3 is 10.2 Å². The van der Waals surface area contributed by atoms with Crippen molar-refractivity contribution < 1.29 is 43.4 Å². The molecule has 0 aromatic heterocycles. The molecule has 4 N–H and O–H groups in total. The van der Waals surface area contributed by atoms with E-state index in [9.17, 15) is 43.4 Å². The largest absolute Gasteiger partial charge is 0.356 e. The van der Waals surface area contributed by atoms with Crippen LogP contribution >= 0.6 is 10.2 Å². The van der Waals surface area contributed by atoms with Crippen LogP contribution in [0.5, 0.6) is 0 Å². The van der Waals surface area contributed by atoms with Crippen molar-refractivity contribution in [1.82, 2.24) is 21.3 Å². The van der Waals surface area contributed by atoms with Gasteiger partial charge in [0.1, 0.15) is 10.9 Å². The Bertz CT molecular complexity index is 1280. The van der Waals surface area contributed by atoms with Gasteiger partial charge in [-0.2, -0.15) is 0 Å². The predicted molar refractivity (Wildman–Crippen MR) is 147 cm³/mol. The Balaban J connectivity index is 1.73. The lowest BCUT2D eigenvalue weighted by Crippen LogP contribution is -2.55. The molecule has 2 fully saturated rings. The normalized spacial score (nSPS) is 20.6. The van der Waals surface area contributed by atoms with Crippen LogP contribution in [0.15, 0.2) is 35.2 Å². The number of ketones is 1. The van der Waals surface area contributed by atoms with Crippen LogP contribution in [0, 0.1) is 11.3 Å². The summed E-state index contributed by atoms with van der Waals surface area (Å²) in [5.41, 5.74) is -0.482. The van der Waals surface area contributed by atoms with E-state index in [4.69, 9.17) is 0 Å². The van der Waals surface area contributed by atoms with Gasteiger partial charge in [-0.1, -0.05) is 52.3 Å². The van der Waals surface area contributed by atoms with E-state index in [0.29, 0.717) is 13.0 Å². The molecular formula is C27H35F5N4O5S. The standard InChI is InChI=1S/C27H35F5N4O5S/c1-27(2,3)15-21(35-22(37)11-6-16-4-9-19(10-5-16)42(28,29,30,31)32)25(40)36-20(14-17-12-13-33-24(17)39)23(38)26(41)34-18-7-8-18/h4-6,9-11,17-18,20-21H,7-8,12-15H2,1-3H3,(H,33,39)(H,34,41)(H,35,37)(H,36,40)/b11-6+/t17-,20?,21-/m0/s1. The molecule has 1 heterocycles. The molecule has 0 bridgehead atoms. The first-order chi connectivity index (χ1) is 19.1. The maximum Gasteiger partial charge on any atom is 0.310 e. The highest BCUT2D eigenvalue weighted by atomic mass is 32.5. The Morgan fingerprint density at radius 1 is 0.976 bits per heavy atom. The quantitative estimate of drug-likeness (QED) is 0.158. The molecule has 3 atom stereocenters. The number of hydrogen-bond acceptors (Lipinski definition) is 5. The van der Waals surface area contributed by atoms with Gasteiger partial charge in [0.25, 0.3) is 5.91 Å². The van der Waals surface area contributed by atoms with Crippen LogP contribution in [0.2, 0.25) is 0 Å². The number of benzene rings is 1. The molecule has 1 saturated carbocycles. The molecule has 4 amide bonds. The molecule has 2 aliphatic rings. The maximum atomic E-state index is 13.3. The average molecular weight is 623 g/mol. The third-order valence-electron chi connectivity index (χ3n) is 6.65. The molecule has 15 heteroatoms. The van der Waals surface area contributed by atoms with Crippen LogP contribution in [0.1, 0.15) is 58.4 Å². The van der Waals surface area contributed by atoms with Gasteiger partial charge in [0.15, 0.2) is 0 Å². The lowest BCUT2D eigenvalue weighted by atomic mass is 9.87. The SMILES string of the molecule is CC(C)(C)C[C@H](NC(=O)/C=C/c1ccc(S(F)(F)(F)(F)F)cc1)C(=O)NC(C[C@@H]1CCNC1=O)C(=O)C(=O)NC1CC1. The van der Waals surface area contributed by atoms with Crippen molar-refractivity contribution in [2.75, 3.05) is 6.54 Å². The fourth-order valence-electron chi connectivity index (χ4n) is 4.35. The third kappa shape index (κ3) is 10.1. The van der Waals surface area contributed by atoms with Gasteiger partial charge in [-0.25, -0.2) is 0 Å². The molecule has 1 saturated heterocycles. The number of hydrogen-bond donors (Lipinski definition) is 4. The van der Waals surface area contributed by atoms with E-state index in [1.54, 1.807) is 20.8 Å². The number of carbonyl (C=O) groups is 5. The number of halogens is 5. The summed E-state index contributed by atoms with van der Waals surface area (Å²) in [6.45, 7) is 5.78. The van der Waals surface area contributed by atoms with Gasteiger partial charge in [-0.05, 0) is 61.3 Å². The molecule has 234 valence electrons. The smallest absolute Gasteiger partial charge is 0.310 e. The van der Waals surface area contributed by atoms with Crippen molar-refractivity contribution in [3.8, 4) is 0 Å². The van der Waals surface area contributed by atoms with Crippen LogP contribution < -0.4 is 21.3 Å². The van der Waals surface area contributed by atoms with Crippen LogP contribution in [0.4, 0.5) is 19.4 Å². The van der Waals surface area contributed by atoms with E-state index in [-0.39, 0.29) is 42.5 Å². The van der Waals surface area contributed by atoms with Gasteiger partial charge in [-0.3, -0.25) is 24.0 Å². The zero-order valence-electron chi connectivity index (χ0n) is 23.4. The summed E-state index contributed by atoms with van der Waals surface area (Å²) < 4.78 is 64.7. The Hall–Kier alpha value is -3.49. The first kappa shape index (κ1) is 33.0. The Morgan fingerprint density at radius 3 is 2.10 bits per heavy atom. The van der Waals surface area contributed by atoms with Crippen molar-refractivity contribution in [2.24, 2.45) is 11.3 Å². The van der Waals surface area contributed by atoms with Gasteiger partial charge in [0, 0.05) is 24.6 Å². The van der Waals surface area contributed by atoms with Crippen LogP contribution in [0.25, 0.3) is 6.08 Å². The summed E-state index contributed by atoms with van der Waals surface area (Å²) in [6, 6.07) is -0.650. The minimum Gasteiger partial charge on any atom is -0.356 e. The Kier molecular flexibility index (Phi) is 8.89. The van der Waals surface area contributed by atoms with Crippen molar-refractivity contribution in [2.45, 2.75) is 75.9 Å². The fraction of sp³-hybridized carbons (Fsp3) is 0.519. The molecule has 1 unspecified atom stereocenters. The monoisotopic (exact) mass is 622 g/mol. The molecule has 3 rings (SSSR count). The minimum absolute atomic E-state index is 0.0229. The first-order valence-corrected chi connectivity index (χ1v) is 15.3. The molecule has 0 spiro atoms.